The fourth-order valence-electron chi connectivity index (χ4n) is 3.42. The summed E-state index contributed by atoms with van der Waals surface area (Å²) in [5.74, 6) is -0.192. The summed E-state index contributed by atoms with van der Waals surface area (Å²) < 4.78 is 0. The number of carbonyl (C=O) groups is 2. The Morgan fingerprint density at radius 1 is 1.00 bits per heavy atom. The van der Waals surface area contributed by atoms with Gasteiger partial charge in [-0.15, -0.1) is 0 Å². The van der Waals surface area contributed by atoms with Gasteiger partial charge in [0.2, 0.25) is 11.8 Å². The molecule has 0 saturated carbocycles. The smallest absolute Gasteiger partial charge is 0.244 e. The molecule has 0 spiro atoms. The zero-order valence-electron chi connectivity index (χ0n) is 16.7. The highest BCUT2D eigenvalue weighted by atomic mass is 16.2. The second-order valence-corrected chi connectivity index (χ2v) is 7.79. The van der Waals surface area contributed by atoms with Gasteiger partial charge in [0.15, 0.2) is 0 Å². The molecule has 1 aliphatic heterocycles. The van der Waals surface area contributed by atoms with Crippen molar-refractivity contribution in [2.24, 2.45) is 5.73 Å². The van der Waals surface area contributed by atoms with Crippen LogP contribution in [0.2, 0.25) is 0 Å². The van der Waals surface area contributed by atoms with Gasteiger partial charge in [-0.3, -0.25) is 14.5 Å². The van der Waals surface area contributed by atoms with Crippen LogP contribution in [0.3, 0.4) is 0 Å². The summed E-state index contributed by atoms with van der Waals surface area (Å²) in [6, 6.07) is 7.17. The molecule has 0 bridgehead atoms. The van der Waals surface area contributed by atoms with E-state index in [1.807, 2.05) is 6.92 Å². The molecule has 1 aliphatic rings. The molecule has 1 atom stereocenters. The predicted octanol–water partition coefficient (Wildman–Crippen LogP) is 3.35. The fourth-order valence-corrected chi connectivity index (χ4v) is 3.42. The summed E-state index contributed by atoms with van der Waals surface area (Å²) in [5, 5.41) is 5.78. The molecule has 150 valence electrons. The van der Waals surface area contributed by atoms with E-state index in [4.69, 9.17) is 5.73 Å². The minimum absolute atomic E-state index is 0.00448. The Bertz CT molecular complexity index is 605. The third-order valence-corrected chi connectivity index (χ3v) is 5.03. The highest BCUT2D eigenvalue weighted by Gasteiger charge is 2.27. The zero-order chi connectivity index (χ0) is 19.7. The van der Waals surface area contributed by atoms with Gasteiger partial charge in [-0.1, -0.05) is 32.6 Å². The van der Waals surface area contributed by atoms with Crippen LogP contribution in [-0.4, -0.2) is 41.9 Å². The van der Waals surface area contributed by atoms with Crippen LogP contribution in [0, 0.1) is 0 Å². The molecular formula is C21H34N4O2. The van der Waals surface area contributed by atoms with E-state index in [-0.39, 0.29) is 11.8 Å². The first-order valence-corrected chi connectivity index (χ1v) is 10.1. The van der Waals surface area contributed by atoms with E-state index in [0.717, 1.165) is 25.2 Å². The number of amides is 2. The van der Waals surface area contributed by atoms with E-state index >= 15 is 0 Å². The maximum absolute atomic E-state index is 12.3. The van der Waals surface area contributed by atoms with Crippen LogP contribution in [0.15, 0.2) is 24.3 Å². The van der Waals surface area contributed by atoms with E-state index in [2.05, 4.69) is 15.5 Å². The van der Waals surface area contributed by atoms with Crippen molar-refractivity contribution in [2.75, 3.05) is 30.3 Å². The van der Waals surface area contributed by atoms with E-state index < -0.39 is 5.54 Å². The van der Waals surface area contributed by atoms with E-state index in [9.17, 15) is 9.59 Å². The molecule has 2 amide bonds. The van der Waals surface area contributed by atoms with Gasteiger partial charge in [-0.2, -0.15) is 0 Å². The number of benzene rings is 1. The number of hydrogen-bond donors (Lipinski definition) is 3. The Labute approximate surface area is 162 Å². The highest BCUT2D eigenvalue weighted by Crippen LogP contribution is 2.17. The Balaban J connectivity index is 1.83. The Kier molecular flexibility index (Phi) is 8.25. The number of nitrogens with two attached hydrogens (primary N) is 1. The SMILES string of the molecule is CCCC(C)(N)C(=O)Nc1ccc(NC(=O)CN2CCCCCCC2)cc1. The van der Waals surface area contributed by atoms with Gasteiger partial charge >= 0.3 is 0 Å². The fraction of sp³-hybridized carbons (Fsp3) is 0.619. The average Bonchev–Trinajstić information content (AvgIpc) is 2.59. The molecule has 27 heavy (non-hydrogen) atoms. The number of hydrogen-bond acceptors (Lipinski definition) is 4. The van der Waals surface area contributed by atoms with Gasteiger partial charge < -0.3 is 16.4 Å². The maximum Gasteiger partial charge on any atom is 0.244 e. The Hall–Kier alpha value is -1.92. The number of anilines is 2. The topological polar surface area (TPSA) is 87.5 Å². The van der Waals surface area contributed by atoms with Crippen molar-refractivity contribution in [1.29, 1.82) is 0 Å². The summed E-state index contributed by atoms with van der Waals surface area (Å²) >= 11 is 0. The lowest BCUT2D eigenvalue weighted by Gasteiger charge is -2.24. The lowest BCUT2D eigenvalue weighted by atomic mass is 9.96. The van der Waals surface area contributed by atoms with Crippen LogP contribution < -0.4 is 16.4 Å². The van der Waals surface area contributed by atoms with Crippen LogP contribution in [-0.2, 0) is 9.59 Å². The molecule has 1 unspecified atom stereocenters. The molecule has 0 aromatic heterocycles. The van der Waals surface area contributed by atoms with Crippen LogP contribution in [0.5, 0.6) is 0 Å². The summed E-state index contributed by atoms with van der Waals surface area (Å²) in [7, 11) is 0. The molecule has 6 nitrogen and oxygen atoms in total. The third kappa shape index (κ3) is 7.31. The first kappa shape index (κ1) is 21.4. The van der Waals surface area contributed by atoms with Gasteiger partial charge in [0.05, 0.1) is 12.1 Å². The van der Waals surface area contributed by atoms with Gasteiger partial charge in [-0.05, 0) is 63.5 Å². The van der Waals surface area contributed by atoms with Crippen molar-refractivity contribution in [3.05, 3.63) is 24.3 Å². The second-order valence-electron chi connectivity index (χ2n) is 7.79. The molecule has 1 saturated heterocycles. The zero-order valence-corrected chi connectivity index (χ0v) is 16.7. The van der Waals surface area contributed by atoms with Gasteiger partial charge in [0.1, 0.15) is 0 Å². The van der Waals surface area contributed by atoms with Crippen molar-refractivity contribution in [1.82, 2.24) is 4.90 Å². The lowest BCUT2D eigenvalue weighted by molar-refractivity contribution is -0.121. The minimum atomic E-state index is -0.881. The number of nitrogens with zero attached hydrogens (tertiary/aromatic N) is 1. The average molecular weight is 375 g/mol. The molecule has 6 heteroatoms. The summed E-state index contributed by atoms with van der Waals surface area (Å²) in [4.78, 5) is 26.8. The van der Waals surface area contributed by atoms with Crippen molar-refractivity contribution in [2.45, 2.75) is 64.3 Å². The lowest BCUT2D eigenvalue weighted by Crippen LogP contribution is -2.48. The van der Waals surface area contributed by atoms with E-state index in [1.54, 1.807) is 31.2 Å². The second kappa shape index (κ2) is 10.4. The molecule has 0 aliphatic carbocycles. The summed E-state index contributed by atoms with van der Waals surface area (Å²) in [6.45, 7) is 6.16. The van der Waals surface area contributed by atoms with Crippen LogP contribution >= 0.6 is 0 Å². The van der Waals surface area contributed by atoms with Gasteiger partial charge in [-0.25, -0.2) is 0 Å². The maximum atomic E-state index is 12.3. The minimum Gasteiger partial charge on any atom is -0.325 e. The number of nitrogens with one attached hydrogen (secondary N) is 2. The highest BCUT2D eigenvalue weighted by molar-refractivity contribution is 5.98. The first-order valence-electron chi connectivity index (χ1n) is 10.1. The summed E-state index contributed by atoms with van der Waals surface area (Å²) in [6.07, 6.45) is 7.63. The predicted molar refractivity (Wildman–Crippen MR) is 111 cm³/mol. The van der Waals surface area contributed by atoms with E-state index in [0.29, 0.717) is 18.7 Å². The van der Waals surface area contributed by atoms with Crippen LogP contribution in [0.25, 0.3) is 0 Å². The molecule has 0 radical (unpaired) electrons. The monoisotopic (exact) mass is 374 g/mol. The first-order chi connectivity index (χ1) is 12.9. The molecule has 2 rings (SSSR count). The molecule has 1 aromatic rings. The molecular weight excluding hydrogens is 340 g/mol. The molecule has 4 N–H and O–H groups in total. The van der Waals surface area contributed by atoms with Gasteiger partial charge in [0, 0.05) is 11.4 Å². The summed E-state index contributed by atoms with van der Waals surface area (Å²) in [5.41, 5.74) is 6.58. The van der Waals surface area contributed by atoms with Crippen molar-refractivity contribution < 1.29 is 9.59 Å². The Morgan fingerprint density at radius 3 is 2.07 bits per heavy atom. The molecule has 1 fully saturated rings. The number of carbonyl (C=O) groups excluding carboxylic acids is 2. The van der Waals surface area contributed by atoms with Crippen LogP contribution in [0.4, 0.5) is 11.4 Å². The van der Waals surface area contributed by atoms with E-state index in [1.165, 1.54) is 32.1 Å². The standard InChI is InChI=1S/C21H34N4O2/c1-3-13-21(2,22)20(27)24-18-11-9-17(10-12-18)23-19(26)16-25-14-7-5-4-6-8-15-25/h9-12H,3-8,13-16,22H2,1-2H3,(H,23,26)(H,24,27). The van der Waals surface area contributed by atoms with Crippen molar-refractivity contribution >= 4 is 23.2 Å². The number of rotatable bonds is 7. The quantitative estimate of drug-likeness (QED) is 0.683. The van der Waals surface area contributed by atoms with Crippen molar-refractivity contribution in [3.8, 4) is 0 Å². The Morgan fingerprint density at radius 2 is 1.52 bits per heavy atom. The largest absolute Gasteiger partial charge is 0.325 e. The normalized spacial score (nSPS) is 18.0. The number of likely N-dealkylation sites (tertiary alicyclic amines) is 1. The molecule has 1 heterocycles. The van der Waals surface area contributed by atoms with Crippen molar-refractivity contribution in [3.63, 3.8) is 0 Å². The van der Waals surface area contributed by atoms with Crippen LogP contribution in [0.1, 0.15) is 58.8 Å². The van der Waals surface area contributed by atoms with Gasteiger partial charge in [0.25, 0.3) is 0 Å². The third-order valence-electron chi connectivity index (χ3n) is 5.03. The molecule has 1 aromatic carbocycles.